The van der Waals surface area contributed by atoms with Crippen LogP contribution in [0.25, 0.3) is 89.8 Å². The van der Waals surface area contributed by atoms with E-state index in [4.69, 9.17) is 15.0 Å². The summed E-state index contributed by atoms with van der Waals surface area (Å²) in [5, 5.41) is 0. The topological polar surface area (TPSA) is 38.7 Å². The normalized spacial score (nSPS) is 12.5. The van der Waals surface area contributed by atoms with Crippen LogP contribution in [0.4, 0.5) is 0 Å². The molecule has 0 saturated heterocycles. The van der Waals surface area contributed by atoms with Gasteiger partial charge in [-0.05, 0) is 91.0 Å². The van der Waals surface area contributed by atoms with Crippen molar-refractivity contribution in [3.05, 3.63) is 211 Å². The van der Waals surface area contributed by atoms with Crippen LogP contribution in [0.5, 0.6) is 0 Å². The zero-order chi connectivity index (χ0) is 38.3. The maximum atomic E-state index is 5.24. The van der Waals surface area contributed by atoms with Gasteiger partial charge in [-0.1, -0.05) is 190 Å². The third kappa shape index (κ3) is 6.33. The van der Waals surface area contributed by atoms with Gasteiger partial charge in [-0.3, -0.25) is 0 Å². The molecule has 9 aromatic rings. The Kier molecular flexibility index (Phi) is 8.49. The summed E-state index contributed by atoms with van der Waals surface area (Å²) in [6.45, 7) is 4.68. The van der Waals surface area contributed by atoms with Crippen molar-refractivity contribution in [1.82, 2.24) is 15.0 Å². The molecule has 1 aliphatic carbocycles. The lowest BCUT2D eigenvalue weighted by Crippen LogP contribution is -2.16. The van der Waals surface area contributed by atoms with Gasteiger partial charge in [0.05, 0.1) is 0 Å². The van der Waals surface area contributed by atoms with Crippen molar-refractivity contribution in [3.63, 3.8) is 0 Å². The fourth-order valence-electron chi connectivity index (χ4n) is 8.47. The van der Waals surface area contributed by atoms with Gasteiger partial charge >= 0.3 is 0 Å². The van der Waals surface area contributed by atoms with E-state index in [0.717, 1.165) is 50.1 Å². The first-order valence-corrected chi connectivity index (χ1v) is 19.5. The lowest BCUT2D eigenvalue weighted by molar-refractivity contribution is 0.662. The predicted octanol–water partition coefficient (Wildman–Crippen LogP) is 13.8. The highest BCUT2D eigenvalue weighted by Crippen LogP contribution is 2.52. The predicted molar refractivity (Wildman–Crippen MR) is 235 cm³/mol. The van der Waals surface area contributed by atoms with E-state index in [1.165, 1.54) is 33.4 Å². The maximum absolute atomic E-state index is 5.24. The van der Waals surface area contributed by atoms with E-state index in [0.29, 0.717) is 17.5 Å². The smallest absolute Gasteiger partial charge is 0.164 e. The summed E-state index contributed by atoms with van der Waals surface area (Å²) in [6, 6.07) is 70.8. The van der Waals surface area contributed by atoms with Crippen molar-refractivity contribution < 1.29 is 0 Å². The van der Waals surface area contributed by atoms with Gasteiger partial charge in [0, 0.05) is 22.1 Å². The zero-order valence-electron chi connectivity index (χ0n) is 31.9. The summed E-state index contributed by atoms with van der Waals surface area (Å²) in [4.78, 5) is 15.6. The van der Waals surface area contributed by atoms with E-state index >= 15 is 0 Å². The number of nitrogens with zero attached hydrogens (tertiary/aromatic N) is 3. The Morgan fingerprint density at radius 3 is 1.32 bits per heavy atom. The van der Waals surface area contributed by atoms with Crippen LogP contribution in [0.1, 0.15) is 25.0 Å². The first-order chi connectivity index (χ1) is 28.0. The summed E-state index contributed by atoms with van der Waals surface area (Å²) in [5.74, 6) is 1.88. The molecular formula is C54H39N3. The van der Waals surface area contributed by atoms with Crippen molar-refractivity contribution >= 4 is 0 Å². The Morgan fingerprint density at radius 2 is 0.684 bits per heavy atom. The fraction of sp³-hybridized carbons (Fsp3) is 0.0556. The quantitative estimate of drug-likeness (QED) is 0.164. The minimum absolute atomic E-state index is 0.111. The summed E-state index contributed by atoms with van der Waals surface area (Å²) >= 11 is 0. The van der Waals surface area contributed by atoms with Crippen LogP contribution in [-0.2, 0) is 5.41 Å². The largest absolute Gasteiger partial charge is 0.208 e. The number of fused-ring (bicyclic) bond motifs is 3. The van der Waals surface area contributed by atoms with Crippen molar-refractivity contribution in [3.8, 4) is 89.8 Å². The van der Waals surface area contributed by atoms with E-state index in [2.05, 4.69) is 208 Å². The molecule has 3 heteroatoms. The molecule has 0 atom stereocenters. The average molecular weight is 730 g/mol. The third-order valence-corrected chi connectivity index (χ3v) is 11.3. The first-order valence-electron chi connectivity index (χ1n) is 19.5. The zero-order valence-corrected chi connectivity index (χ0v) is 31.9. The highest BCUT2D eigenvalue weighted by atomic mass is 15.0. The van der Waals surface area contributed by atoms with Crippen LogP contribution < -0.4 is 0 Å². The molecule has 0 amide bonds. The van der Waals surface area contributed by atoms with Crippen LogP contribution in [-0.4, -0.2) is 15.0 Å². The Bertz CT molecular complexity index is 2840. The molecule has 0 unspecified atom stereocenters. The van der Waals surface area contributed by atoms with E-state index in [9.17, 15) is 0 Å². The second-order valence-corrected chi connectivity index (χ2v) is 15.3. The molecule has 1 aromatic heterocycles. The number of rotatable bonds is 7. The number of hydrogen-bond acceptors (Lipinski definition) is 3. The molecule has 57 heavy (non-hydrogen) atoms. The van der Waals surface area contributed by atoms with Gasteiger partial charge in [0.2, 0.25) is 0 Å². The average Bonchev–Trinajstić information content (AvgIpc) is 3.53. The van der Waals surface area contributed by atoms with Gasteiger partial charge in [-0.25, -0.2) is 15.0 Å². The molecule has 0 aliphatic heterocycles. The molecule has 1 heterocycles. The Labute approximate surface area is 334 Å². The lowest BCUT2D eigenvalue weighted by Gasteiger charge is -2.24. The molecule has 10 rings (SSSR count). The van der Waals surface area contributed by atoms with Crippen LogP contribution in [0, 0.1) is 0 Å². The second-order valence-electron chi connectivity index (χ2n) is 15.3. The summed E-state index contributed by atoms with van der Waals surface area (Å²) in [6.07, 6.45) is 0. The minimum Gasteiger partial charge on any atom is -0.208 e. The second kappa shape index (κ2) is 14.1. The van der Waals surface area contributed by atoms with Crippen molar-refractivity contribution in [2.75, 3.05) is 0 Å². The molecule has 3 nitrogen and oxygen atoms in total. The van der Waals surface area contributed by atoms with Crippen LogP contribution in [0.15, 0.2) is 200 Å². The number of hydrogen-bond donors (Lipinski definition) is 0. The van der Waals surface area contributed by atoms with Gasteiger partial charge in [-0.15, -0.1) is 0 Å². The standard InChI is InChI=1S/C54H39N3/c1-54(2)49-27-13-12-24-47(49)48-26-15-25-46(50(48)54)39-28-30-40(31-29-39)51-55-52(42-23-14-22-41(32-42)36-16-6-3-7-17-36)57-53(56-51)45-34-43(37-18-8-4-9-19-37)33-44(35-45)38-20-10-5-11-21-38/h3-35H,1-2H3. The molecule has 0 N–H and O–H groups in total. The molecule has 0 radical (unpaired) electrons. The number of aromatic nitrogens is 3. The molecule has 8 aromatic carbocycles. The van der Waals surface area contributed by atoms with Gasteiger partial charge in [0.25, 0.3) is 0 Å². The van der Waals surface area contributed by atoms with Gasteiger partial charge in [0.1, 0.15) is 0 Å². The SMILES string of the molecule is CC1(C)c2ccccc2-c2cccc(-c3ccc(-c4nc(-c5cccc(-c6ccccc6)c5)nc(-c5cc(-c6ccccc6)cc(-c6ccccc6)c5)n4)cc3)c21. The van der Waals surface area contributed by atoms with E-state index in [1.54, 1.807) is 0 Å². The summed E-state index contributed by atoms with van der Waals surface area (Å²) < 4.78 is 0. The number of benzene rings is 8. The van der Waals surface area contributed by atoms with E-state index in [1.807, 2.05) is 6.07 Å². The third-order valence-electron chi connectivity index (χ3n) is 11.3. The lowest BCUT2D eigenvalue weighted by atomic mass is 9.79. The van der Waals surface area contributed by atoms with Gasteiger partial charge < -0.3 is 0 Å². The van der Waals surface area contributed by atoms with Crippen LogP contribution >= 0.6 is 0 Å². The van der Waals surface area contributed by atoms with Crippen molar-refractivity contribution in [2.24, 2.45) is 0 Å². The maximum Gasteiger partial charge on any atom is 0.164 e. The van der Waals surface area contributed by atoms with Crippen molar-refractivity contribution in [1.29, 1.82) is 0 Å². The molecule has 0 spiro atoms. The highest BCUT2D eigenvalue weighted by Gasteiger charge is 2.37. The van der Waals surface area contributed by atoms with Crippen LogP contribution in [0.2, 0.25) is 0 Å². The Balaban J connectivity index is 1.12. The van der Waals surface area contributed by atoms with E-state index < -0.39 is 0 Å². The van der Waals surface area contributed by atoms with Gasteiger partial charge in [0.15, 0.2) is 17.5 Å². The molecule has 1 aliphatic rings. The van der Waals surface area contributed by atoms with Crippen LogP contribution in [0.3, 0.4) is 0 Å². The molecular weight excluding hydrogens is 691 g/mol. The summed E-state index contributed by atoms with van der Waals surface area (Å²) in [5.41, 5.74) is 17.2. The Hall–Kier alpha value is -7.23. The van der Waals surface area contributed by atoms with Crippen molar-refractivity contribution in [2.45, 2.75) is 19.3 Å². The minimum atomic E-state index is -0.111. The monoisotopic (exact) mass is 729 g/mol. The summed E-state index contributed by atoms with van der Waals surface area (Å²) in [7, 11) is 0. The fourth-order valence-corrected chi connectivity index (χ4v) is 8.47. The first kappa shape index (κ1) is 34.3. The molecule has 0 fully saturated rings. The molecule has 270 valence electrons. The molecule has 0 saturated carbocycles. The Morgan fingerprint density at radius 1 is 0.281 bits per heavy atom. The molecule has 0 bridgehead atoms. The van der Waals surface area contributed by atoms with E-state index in [-0.39, 0.29) is 5.41 Å². The van der Waals surface area contributed by atoms with Gasteiger partial charge in [-0.2, -0.15) is 0 Å². The highest BCUT2D eigenvalue weighted by molar-refractivity contribution is 5.88.